The van der Waals surface area contributed by atoms with Crippen molar-refractivity contribution >= 4 is 76.8 Å². The van der Waals surface area contributed by atoms with Gasteiger partial charge in [-0.15, -0.1) is 0 Å². The van der Waals surface area contributed by atoms with Crippen molar-refractivity contribution in [3.8, 4) is 17.2 Å². The lowest BCUT2D eigenvalue weighted by atomic mass is 9.90. The first-order valence-corrected chi connectivity index (χ1v) is 25.8. The molecule has 3 aromatic carbocycles. The number of methoxy groups -OCH3 is 3. The van der Waals surface area contributed by atoms with Gasteiger partial charge in [-0.2, -0.15) is 12.6 Å². The summed E-state index contributed by atoms with van der Waals surface area (Å²) in [6.45, 7) is 4.76. The Hall–Kier alpha value is -6.75. The summed E-state index contributed by atoms with van der Waals surface area (Å²) >= 11 is 4.28. The zero-order valence-electron chi connectivity index (χ0n) is 44.6. The zero-order valence-corrected chi connectivity index (χ0v) is 45.4. The predicted molar refractivity (Wildman–Crippen MR) is 291 cm³/mol. The van der Waals surface area contributed by atoms with E-state index in [1.54, 1.807) is 101 Å². The van der Waals surface area contributed by atoms with E-state index in [0.717, 1.165) is 0 Å². The average Bonchev–Trinajstić information content (AvgIpc) is 3.39. The molecular weight excluding hydrogens is 1000 g/mol. The molecule has 0 aromatic heterocycles. The van der Waals surface area contributed by atoms with Crippen molar-refractivity contribution in [1.29, 1.82) is 0 Å². The molecule has 418 valence electrons. The highest BCUT2D eigenvalue weighted by Gasteiger charge is 2.34. The summed E-state index contributed by atoms with van der Waals surface area (Å²) in [5.74, 6) is -0.769. The lowest BCUT2D eigenvalue weighted by molar-refractivity contribution is -0.131. The van der Waals surface area contributed by atoms with Gasteiger partial charge in [-0.05, 0) is 98.5 Å². The molecule has 0 aliphatic carbocycles. The topological polar surface area (TPSA) is 276 Å². The molecule has 0 aliphatic heterocycles. The molecule has 0 heterocycles. The van der Waals surface area contributed by atoms with Gasteiger partial charge in [0.2, 0.25) is 41.4 Å². The van der Waals surface area contributed by atoms with Crippen molar-refractivity contribution in [2.75, 3.05) is 96.6 Å². The van der Waals surface area contributed by atoms with Crippen LogP contribution in [0.15, 0.2) is 72.8 Å². The fourth-order valence-electron chi connectivity index (χ4n) is 7.42. The first kappa shape index (κ1) is 63.5. The van der Waals surface area contributed by atoms with Gasteiger partial charge in [-0.25, -0.2) is 0 Å². The fraction of sp³-hybridized carbons (Fsp3) is 0.519. The number of anilines is 3. The first-order valence-electron chi connectivity index (χ1n) is 25.3. The highest BCUT2D eigenvalue weighted by Crippen LogP contribution is 2.21. The molecule has 0 saturated carbocycles. The van der Waals surface area contributed by atoms with Crippen molar-refractivity contribution in [2.24, 2.45) is 11.8 Å². The Morgan fingerprint density at radius 3 is 1.09 bits per heavy atom. The second-order valence-corrected chi connectivity index (χ2v) is 19.0. The van der Waals surface area contributed by atoms with Crippen LogP contribution < -0.4 is 51.4 Å². The van der Waals surface area contributed by atoms with Crippen LogP contribution in [0.2, 0.25) is 0 Å². The van der Waals surface area contributed by atoms with Crippen molar-refractivity contribution in [1.82, 2.24) is 21.3 Å². The molecule has 22 heteroatoms. The van der Waals surface area contributed by atoms with E-state index >= 15 is 0 Å². The van der Waals surface area contributed by atoms with Crippen molar-refractivity contribution < 1.29 is 66.8 Å². The Labute approximate surface area is 451 Å². The number of hydrogen-bond acceptors (Lipinski definition) is 15. The van der Waals surface area contributed by atoms with E-state index in [4.69, 9.17) is 28.4 Å². The molecular formula is C54H77N7O14S. The van der Waals surface area contributed by atoms with Crippen molar-refractivity contribution in [3.63, 3.8) is 0 Å². The Morgan fingerprint density at radius 2 is 0.789 bits per heavy atom. The Morgan fingerprint density at radius 1 is 0.461 bits per heavy atom. The normalized spacial score (nSPS) is 12.2. The summed E-state index contributed by atoms with van der Waals surface area (Å²) < 4.78 is 33.5. The summed E-state index contributed by atoms with van der Waals surface area (Å²) in [6, 6.07) is 20.5. The van der Waals surface area contributed by atoms with E-state index in [1.807, 2.05) is 13.8 Å². The van der Waals surface area contributed by atoms with Gasteiger partial charge in [0, 0.05) is 87.6 Å². The number of rotatable bonds is 38. The van der Waals surface area contributed by atoms with Gasteiger partial charge in [0.05, 0.1) is 66.2 Å². The second-order valence-electron chi connectivity index (χ2n) is 18.2. The number of thiol groups is 1. The van der Waals surface area contributed by atoms with Crippen LogP contribution in [0.5, 0.6) is 17.2 Å². The first-order chi connectivity index (χ1) is 36.4. The van der Waals surface area contributed by atoms with E-state index < -0.39 is 10.8 Å². The number of nitrogens with one attached hydrogen (secondary N) is 7. The summed E-state index contributed by atoms with van der Waals surface area (Å²) in [6.07, 6.45) is 0.819. The van der Waals surface area contributed by atoms with E-state index in [0.29, 0.717) is 47.2 Å². The molecule has 0 radical (unpaired) electrons. The average molecular weight is 1080 g/mol. The summed E-state index contributed by atoms with van der Waals surface area (Å²) in [5, 5.41) is 19.0. The molecule has 7 amide bonds. The minimum absolute atomic E-state index is 0.000954. The van der Waals surface area contributed by atoms with Crippen molar-refractivity contribution in [3.05, 3.63) is 72.8 Å². The molecule has 0 fully saturated rings. The highest BCUT2D eigenvalue weighted by atomic mass is 32.1. The quantitative estimate of drug-likeness (QED) is 0.0282. The van der Waals surface area contributed by atoms with Gasteiger partial charge in [0.15, 0.2) is 0 Å². The highest BCUT2D eigenvalue weighted by molar-refractivity contribution is 7.81. The standard InChI is InChI=1S/C54H77N7O14S/c1-37(33-38(2)53(69)39(3)76)7-20-52(68)61-54(34-73-30-24-46(62)55-27-21-49(65)58-40-8-14-43(70-4)15-9-40,35-74-31-25-47(63)56-28-22-50(66)59-41-10-16-44(71-5)17-11-41)36-75-32-26-48(64)57-29-23-51(67)60-42-12-18-45(72-6)19-13-42/h8-19,37-39,76H,7,20-36H2,1-6H3,(H,55,62)(H,56,63)(H,57,64)(H,58,65)(H,59,66)(H,60,67)(H,61,68). The van der Waals surface area contributed by atoms with Crippen LogP contribution in [-0.2, 0) is 52.6 Å². The molecule has 76 heavy (non-hydrogen) atoms. The summed E-state index contributed by atoms with van der Waals surface area (Å²) in [5.41, 5.74) is 0.329. The van der Waals surface area contributed by atoms with Gasteiger partial charge in [-0.3, -0.25) is 38.4 Å². The maximum Gasteiger partial charge on any atom is 0.226 e. The van der Waals surface area contributed by atoms with Crippen LogP contribution in [0.25, 0.3) is 0 Å². The number of ether oxygens (including phenoxy) is 6. The smallest absolute Gasteiger partial charge is 0.226 e. The Kier molecular flexibility index (Phi) is 29.7. The molecule has 3 rings (SSSR count). The minimum atomic E-state index is -1.40. The lowest BCUT2D eigenvalue weighted by Crippen LogP contribution is -2.58. The molecule has 0 bridgehead atoms. The van der Waals surface area contributed by atoms with Crippen LogP contribution in [0.3, 0.4) is 0 Å². The third-order valence-corrected chi connectivity index (χ3v) is 11.9. The third kappa shape index (κ3) is 26.6. The number of carbonyl (C=O) groups excluding carboxylic acids is 8. The maximum atomic E-state index is 13.8. The predicted octanol–water partition coefficient (Wildman–Crippen LogP) is 4.85. The number of benzene rings is 3. The number of ketones is 1. The number of Topliss-reactive ketones (excluding diaryl/α,β-unsaturated/α-hetero) is 1. The fourth-order valence-corrected chi connectivity index (χ4v) is 7.68. The van der Waals surface area contributed by atoms with Gasteiger partial charge in [0.25, 0.3) is 0 Å². The zero-order chi connectivity index (χ0) is 55.7. The molecule has 0 spiro atoms. The summed E-state index contributed by atoms with van der Waals surface area (Å²) in [4.78, 5) is 102. The van der Waals surface area contributed by atoms with Crippen LogP contribution in [0.1, 0.15) is 78.6 Å². The Balaban J connectivity index is 1.64. The van der Waals surface area contributed by atoms with Crippen LogP contribution in [-0.4, -0.2) is 139 Å². The molecule has 7 N–H and O–H groups in total. The maximum absolute atomic E-state index is 13.8. The van der Waals surface area contributed by atoms with E-state index in [1.165, 1.54) is 0 Å². The van der Waals surface area contributed by atoms with Crippen LogP contribution in [0.4, 0.5) is 17.1 Å². The van der Waals surface area contributed by atoms with Gasteiger partial charge in [0.1, 0.15) is 28.6 Å². The minimum Gasteiger partial charge on any atom is -0.497 e. The van der Waals surface area contributed by atoms with Crippen molar-refractivity contribution in [2.45, 2.75) is 89.3 Å². The van der Waals surface area contributed by atoms with E-state index in [2.05, 4.69) is 49.8 Å². The summed E-state index contributed by atoms with van der Waals surface area (Å²) in [7, 11) is 4.62. The Bertz CT molecular complexity index is 2070. The van der Waals surface area contributed by atoms with Crippen LogP contribution in [0, 0.1) is 11.8 Å². The second kappa shape index (κ2) is 35.5. The number of hydrogen-bond donors (Lipinski definition) is 8. The molecule has 3 atom stereocenters. The molecule has 0 aliphatic rings. The lowest BCUT2D eigenvalue weighted by Gasteiger charge is -2.34. The molecule has 3 aromatic rings. The SMILES string of the molecule is COc1ccc(NC(=O)CCNC(=O)CCOCC(COCCC(=O)NCCC(=O)Nc2ccc(OC)cc2)(COCCC(=O)NCCC(=O)Nc2ccc(OC)cc2)NC(=O)CCC(C)CC(C)C(=O)C(C)S)cc1. The molecule has 21 nitrogen and oxygen atoms in total. The van der Waals surface area contributed by atoms with E-state index in [9.17, 15) is 38.4 Å². The largest absolute Gasteiger partial charge is 0.497 e. The molecule has 0 saturated heterocycles. The van der Waals surface area contributed by atoms with E-state index in [-0.39, 0.29) is 163 Å². The number of carbonyl (C=O) groups is 8. The number of amides is 7. The monoisotopic (exact) mass is 1080 g/mol. The van der Waals surface area contributed by atoms with Crippen LogP contribution >= 0.6 is 12.6 Å². The van der Waals surface area contributed by atoms with Gasteiger partial charge >= 0.3 is 0 Å². The van der Waals surface area contributed by atoms with Gasteiger partial charge in [-0.1, -0.05) is 13.8 Å². The third-order valence-electron chi connectivity index (χ3n) is 11.6. The van der Waals surface area contributed by atoms with Gasteiger partial charge < -0.3 is 65.6 Å². The molecule has 3 unspecified atom stereocenters.